The number of fused-ring (bicyclic) bond motifs is 5. The van der Waals surface area contributed by atoms with Gasteiger partial charge in [0.2, 0.25) is 5.88 Å². The fourth-order valence-electron chi connectivity index (χ4n) is 5.10. The lowest BCUT2D eigenvalue weighted by Crippen LogP contribution is -2.33. The van der Waals surface area contributed by atoms with Crippen LogP contribution in [0.25, 0.3) is 11.0 Å². The second kappa shape index (κ2) is 7.32. The van der Waals surface area contributed by atoms with Gasteiger partial charge in [-0.2, -0.15) is 0 Å². The highest BCUT2D eigenvalue weighted by atomic mass is 19.1. The first-order chi connectivity index (χ1) is 14.5. The highest BCUT2D eigenvalue weighted by Gasteiger charge is 2.37. The second-order valence-corrected chi connectivity index (χ2v) is 8.56. The minimum Gasteiger partial charge on any atom is -0.481 e. The summed E-state index contributed by atoms with van der Waals surface area (Å²) in [5.41, 5.74) is 4.37. The van der Waals surface area contributed by atoms with Crippen molar-refractivity contribution >= 4 is 11.0 Å². The molecule has 0 spiro atoms. The minimum atomic E-state index is -1.12. The van der Waals surface area contributed by atoms with E-state index in [1.165, 1.54) is 17.7 Å². The standard InChI is InChI=1S/C23H27FN4O2/c1-23(29,15-5-8-20(30-2)25-13-15)14-28-18-9-11-27-10-3-4-17(27)21(18)22-19(28)7-6-16(12-24)26-22/h5-8,13,17,29H,3-4,9-12,14H2,1-2H3. The first-order valence-electron chi connectivity index (χ1n) is 10.6. The molecule has 0 radical (unpaired) electrons. The Morgan fingerprint density at radius 3 is 2.87 bits per heavy atom. The molecule has 1 N–H and O–H groups in total. The van der Waals surface area contributed by atoms with Gasteiger partial charge in [0.1, 0.15) is 12.3 Å². The number of aliphatic hydroxyl groups is 1. The van der Waals surface area contributed by atoms with Crippen LogP contribution in [0.4, 0.5) is 4.39 Å². The average Bonchev–Trinajstić information content (AvgIpc) is 3.36. The van der Waals surface area contributed by atoms with Gasteiger partial charge in [-0.15, -0.1) is 0 Å². The molecule has 2 aliphatic heterocycles. The van der Waals surface area contributed by atoms with Gasteiger partial charge in [-0.1, -0.05) is 0 Å². The Morgan fingerprint density at radius 1 is 1.27 bits per heavy atom. The van der Waals surface area contributed by atoms with Crippen LogP contribution in [0.1, 0.15) is 48.3 Å². The zero-order valence-electron chi connectivity index (χ0n) is 17.4. The number of aromatic nitrogens is 3. The van der Waals surface area contributed by atoms with Crippen LogP contribution >= 0.6 is 0 Å². The molecule has 2 unspecified atom stereocenters. The maximum absolute atomic E-state index is 13.4. The zero-order chi connectivity index (χ0) is 20.9. The fraction of sp³-hybridized carbons (Fsp3) is 0.478. The van der Waals surface area contributed by atoms with Crippen LogP contribution in [0.3, 0.4) is 0 Å². The van der Waals surface area contributed by atoms with Crippen molar-refractivity contribution in [2.75, 3.05) is 20.2 Å². The molecule has 30 heavy (non-hydrogen) atoms. The van der Waals surface area contributed by atoms with Crippen LogP contribution < -0.4 is 4.74 Å². The molecule has 0 aromatic carbocycles. The molecule has 2 aliphatic rings. The van der Waals surface area contributed by atoms with Crippen LogP contribution in [-0.4, -0.2) is 44.7 Å². The molecule has 6 nitrogen and oxygen atoms in total. The van der Waals surface area contributed by atoms with Gasteiger partial charge in [-0.05, 0) is 44.5 Å². The monoisotopic (exact) mass is 410 g/mol. The van der Waals surface area contributed by atoms with Crippen molar-refractivity contribution < 1.29 is 14.2 Å². The van der Waals surface area contributed by atoms with Gasteiger partial charge in [-0.3, -0.25) is 4.90 Å². The van der Waals surface area contributed by atoms with E-state index in [0.29, 0.717) is 24.2 Å². The summed E-state index contributed by atoms with van der Waals surface area (Å²) in [6, 6.07) is 7.66. The van der Waals surface area contributed by atoms with E-state index in [2.05, 4.69) is 19.4 Å². The number of ether oxygens (including phenoxy) is 1. The molecule has 7 heteroatoms. The Bertz CT molecular complexity index is 1080. The highest BCUT2D eigenvalue weighted by Crippen LogP contribution is 2.43. The van der Waals surface area contributed by atoms with Gasteiger partial charge in [-0.25, -0.2) is 14.4 Å². The lowest BCUT2D eigenvalue weighted by atomic mass is 9.96. The lowest BCUT2D eigenvalue weighted by molar-refractivity contribution is 0.0379. The van der Waals surface area contributed by atoms with Crippen LogP contribution in [-0.2, 0) is 25.2 Å². The van der Waals surface area contributed by atoms with E-state index >= 15 is 0 Å². The summed E-state index contributed by atoms with van der Waals surface area (Å²) in [5, 5.41) is 11.4. The van der Waals surface area contributed by atoms with E-state index in [-0.39, 0.29) is 0 Å². The van der Waals surface area contributed by atoms with Crippen molar-refractivity contribution in [3.8, 4) is 5.88 Å². The molecule has 5 rings (SSSR count). The maximum atomic E-state index is 13.4. The summed E-state index contributed by atoms with van der Waals surface area (Å²) in [4.78, 5) is 11.5. The van der Waals surface area contributed by atoms with Crippen molar-refractivity contribution in [2.45, 2.75) is 51.0 Å². The maximum Gasteiger partial charge on any atom is 0.212 e. The van der Waals surface area contributed by atoms with Crippen LogP contribution in [0, 0.1) is 0 Å². The first kappa shape index (κ1) is 19.5. The predicted octanol–water partition coefficient (Wildman–Crippen LogP) is 3.51. The highest BCUT2D eigenvalue weighted by molar-refractivity contribution is 5.83. The number of alkyl halides is 1. The summed E-state index contributed by atoms with van der Waals surface area (Å²) in [6.07, 6.45) is 4.85. The van der Waals surface area contributed by atoms with Gasteiger partial charge >= 0.3 is 0 Å². The number of methoxy groups -OCH3 is 1. The van der Waals surface area contributed by atoms with Gasteiger partial charge in [0, 0.05) is 48.1 Å². The third-order valence-electron chi connectivity index (χ3n) is 6.62. The van der Waals surface area contributed by atoms with Crippen LogP contribution in [0.5, 0.6) is 5.88 Å². The predicted molar refractivity (Wildman–Crippen MR) is 112 cm³/mol. The van der Waals surface area contributed by atoms with Gasteiger partial charge in [0.15, 0.2) is 0 Å². The molecule has 2 atom stereocenters. The summed E-state index contributed by atoms with van der Waals surface area (Å²) in [6.45, 7) is 3.74. The van der Waals surface area contributed by atoms with Crippen LogP contribution in [0.2, 0.25) is 0 Å². The van der Waals surface area contributed by atoms with Crippen molar-refractivity contribution in [3.05, 3.63) is 53.0 Å². The summed E-state index contributed by atoms with van der Waals surface area (Å²) < 4.78 is 20.7. The van der Waals surface area contributed by atoms with E-state index < -0.39 is 12.3 Å². The molecule has 158 valence electrons. The molecule has 3 aromatic heterocycles. The summed E-state index contributed by atoms with van der Waals surface area (Å²) in [5.74, 6) is 0.516. The largest absolute Gasteiger partial charge is 0.481 e. The molecule has 0 aliphatic carbocycles. The minimum absolute atomic E-state index is 0.340. The van der Waals surface area contributed by atoms with Crippen molar-refractivity contribution in [1.82, 2.24) is 19.4 Å². The topological polar surface area (TPSA) is 63.4 Å². The van der Waals surface area contributed by atoms with E-state index in [1.807, 2.05) is 19.1 Å². The SMILES string of the molecule is COc1ccc(C(C)(O)Cn2c3c(c4nc(CF)ccc42)C2CCCN2CC3)cn1. The number of hydrogen-bond acceptors (Lipinski definition) is 5. The Balaban J connectivity index is 1.62. The molecular weight excluding hydrogens is 383 g/mol. The molecule has 1 fully saturated rings. The van der Waals surface area contributed by atoms with Gasteiger partial charge in [0.05, 0.1) is 30.4 Å². The number of nitrogens with zero attached hydrogens (tertiary/aromatic N) is 4. The number of pyridine rings is 2. The Labute approximate surface area is 175 Å². The first-order valence-corrected chi connectivity index (χ1v) is 10.6. The second-order valence-electron chi connectivity index (χ2n) is 8.56. The van der Waals surface area contributed by atoms with E-state index in [0.717, 1.165) is 42.5 Å². The Hall–Kier alpha value is -2.51. The third kappa shape index (κ3) is 3.08. The summed E-state index contributed by atoms with van der Waals surface area (Å²) in [7, 11) is 1.57. The zero-order valence-corrected chi connectivity index (χ0v) is 17.4. The molecule has 0 amide bonds. The van der Waals surface area contributed by atoms with Gasteiger partial charge < -0.3 is 14.4 Å². The number of halogens is 1. The number of rotatable bonds is 5. The average molecular weight is 410 g/mol. The molecule has 0 bridgehead atoms. The van der Waals surface area contributed by atoms with Crippen molar-refractivity contribution in [2.24, 2.45) is 0 Å². The number of hydrogen-bond donors (Lipinski definition) is 1. The Morgan fingerprint density at radius 2 is 2.13 bits per heavy atom. The normalized spacial score (nSPS) is 20.7. The van der Waals surface area contributed by atoms with E-state index in [4.69, 9.17) is 4.74 Å². The quantitative estimate of drug-likeness (QED) is 0.697. The van der Waals surface area contributed by atoms with Crippen molar-refractivity contribution in [1.29, 1.82) is 0 Å². The van der Waals surface area contributed by atoms with E-state index in [1.54, 1.807) is 25.4 Å². The molecule has 0 saturated carbocycles. The molecule has 5 heterocycles. The lowest BCUT2D eigenvalue weighted by Gasteiger charge is -2.32. The summed E-state index contributed by atoms with van der Waals surface area (Å²) >= 11 is 0. The van der Waals surface area contributed by atoms with Gasteiger partial charge in [0.25, 0.3) is 0 Å². The van der Waals surface area contributed by atoms with Crippen molar-refractivity contribution in [3.63, 3.8) is 0 Å². The van der Waals surface area contributed by atoms with Crippen LogP contribution in [0.15, 0.2) is 30.5 Å². The molecular formula is C23H27FN4O2. The van der Waals surface area contributed by atoms with E-state index in [9.17, 15) is 9.50 Å². The molecule has 1 saturated heterocycles. The Kier molecular flexibility index (Phi) is 4.75. The third-order valence-corrected chi connectivity index (χ3v) is 6.62. The fourth-order valence-corrected chi connectivity index (χ4v) is 5.10. The smallest absolute Gasteiger partial charge is 0.212 e. The molecule has 3 aromatic rings.